The fourth-order valence-electron chi connectivity index (χ4n) is 1.45. The minimum absolute atomic E-state index is 0.0501. The first-order valence-electron chi connectivity index (χ1n) is 5.65. The minimum Gasteiger partial charge on any atom is -0.492 e. The fourth-order valence-corrected chi connectivity index (χ4v) is 1.45. The van der Waals surface area contributed by atoms with E-state index < -0.39 is 11.0 Å². The van der Waals surface area contributed by atoms with E-state index in [4.69, 9.17) is 4.74 Å². The van der Waals surface area contributed by atoms with Crippen molar-refractivity contribution in [2.75, 3.05) is 27.2 Å². The molecule has 0 spiro atoms. The number of nitrogens with zero attached hydrogens (tertiary/aromatic N) is 2. The Morgan fingerprint density at radius 2 is 2.17 bits per heavy atom. The Morgan fingerprint density at radius 3 is 2.67 bits per heavy atom. The summed E-state index contributed by atoms with van der Waals surface area (Å²) in [5.74, 6) is 0.484. The van der Waals surface area contributed by atoms with E-state index in [1.807, 2.05) is 19.0 Å². The molecule has 1 atom stereocenters. The molecule has 0 amide bonds. The fraction of sp³-hybridized carbons (Fsp3) is 0.500. The lowest BCUT2D eigenvalue weighted by atomic mass is 10.1. The van der Waals surface area contributed by atoms with Crippen LogP contribution >= 0.6 is 0 Å². The van der Waals surface area contributed by atoms with Gasteiger partial charge in [-0.15, -0.1) is 0 Å². The lowest BCUT2D eigenvalue weighted by Gasteiger charge is -2.15. The number of nitro groups is 1. The summed E-state index contributed by atoms with van der Waals surface area (Å²) in [4.78, 5) is 12.1. The quantitative estimate of drug-likeness (QED) is 0.616. The van der Waals surface area contributed by atoms with Crippen LogP contribution in [0.1, 0.15) is 18.6 Å². The molecular formula is C12H18N2O4. The van der Waals surface area contributed by atoms with Crippen LogP contribution in [0.4, 0.5) is 5.69 Å². The summed E-state index contributed by atoms with van der Waals surface area (Å²) in [5, 5.41) is 20.3. The predicted molar refractivity (Wildman–Crippen MR) is 67.8 cm³/mol. The number of aliphatic hydroxyl groups is 1. The second kappa shape index (κ2) is 6.32. The van der Waals surface area contributed by atoms with Gasteiger partial charge in [0.1, 0.15) is 12.4 Å². The molecule has 1 aromatic rings. The number of likely N-dealkylation sites (N-methyl/N-ethyl adjacent to an activating group) is 1. The van der Waals surface area contributed by atoms with Crippen molar-refractivity contribution in [3.8, 4) is 5.75 Å². The highest BCUT2D eigenvalue weighted by Gasteiger charge is 2.15. The zero-order valence-electron chi connectivity index (χ0n) is 10.8. The SMILES string of the molecule is CC(O)c1cc([N+](=O)[O-])ccc1OCCN(C)C. The number of rotatable bonds is 6. The van der Waals surface area contributed by atoms with Gasteiger partial charge in [0, 0.05) is 24.2 Å². The van der Waals surface area contributed by atoms with Gasteiger partial charge in [-0.1, -0.05) is 0 Å². The maximum Gasteiger partial charge on any atom is 0.270 e. The van der Waals surface area contributed by atoms with Crippen molar-refractivity contribution in [3.05, 3.63) is 33.9 Å². The highest BCUT2D eigenvalue weighted by molar-refractivity contribution is 5.44. The lowest BCUT2D eigenvalue weighted by Crippen LogP contribution is -2.19. The van der Waals surface area contributed by atoms with Gasteiger partial charge in [0.15, 0.2) is 0 Å². The van der Waals surface area contributed by atoms with E-state index in [0.29, 0.717) is 17.9 Å². The van der Waals surface area contributed by atoms with Crippen LogP contribution in [-0.2, 0) is 0 Å². The van der Waals surface area contributed by atoms with Crippen molar-refractivity contribution >= 4 is 5.69 Å². The minimum atomic E-state index is -0.806. The lowest BCUT2D eigenvalue weighted by molar-refractivity contribution is -0.385. The Bertz CT molecular complexity index is 419. The van der Waals surface area contributed by atoms with E-state index in [0.717, 1.165) is 6.54 Å². The molecule has 0 aliphatic carbocycles. The maximum absolute atomic E-state index is 10.7. The molecular weight excluding hydrogens is 236 g/mol. The number of hydrogen-bond donors (Lipinski definition) is 1. The molecule has 6 heteroatoms. The van der Waals surface area contributed by atoms with E-state index in [1.165, 1.54) is 18.2 Å². The first kappa shape index (κ1) is 14.4. The van der Waals surface area contributed by atoms with Gasteiger partial charge >= 0.3 is 0 Å². The standard InChI is InChI=1S/C12H18N2O4/c1-9(15)11-8-10(14(16)17)4-5-12(11)18-7-6-13(2)3/h4-5,8-9,15H,6-7H2,1-3H3. The third-order valence-electron chi connectivity index (χ3n) is 2.45. The molecule has 0 heterocycles. The molecule has 1 rings (SSSR count). The van der Waals surface area contributed by atoms with Gasteiger partial charge < -0.3 is 14.7 Å². The average Bonchev–Trinajstić information content (AvgIpc) is 2.28. The molecule has 0 saturated heterocycles. The summed E-state index contributed by atoms with van der Waals surface area (Å²) in [6, 6.07) is 4.24. The van der Waals surface area contributed by atoms with Crippen molar-refractivity contribution < 1.29 is 14.8 Å². The van der Waals surface area contributed by atoms with Crippen LogP contribution in [0.25, 0.3) is 0 Å². The molecule has 0 fully saturated rings. The van der Waals surface area contributed by atoms with Crippen LogP contribution in [0.2, 0.25) is 0 Å². The van der Waals surface area contributed by atoms with Crippen LogP contribution in [0.5, 0.6) is 5.75 Å². The van der Waals surface area contributed by atoms with Crippen molar-refractivity contribution in [1.29, 1.82) is 0 Å². The average molecular weight is 254 g/mol. The summed E-state index contributed by atoms with van der Waals surface area (Å²) < 4.78 is 5.52. The molecule has 100 valence electrons. The smallest absolute Gasteiger partial charge is 0.270 e. The van der Waals surface area contributed by atoms with Gasteiger partial charge in [-0.05, 0) is 27.1 Å². The molecule has 18 heavy (non-hydrogen) atoms. The molecule has 0 aromatic heterocycles. The Balaban J connectivity index is 2.86. The zero-order valence-corrected chi connectivity index (χ0v) is 10.8. The molecule has 1 unspecified atom stereocenters. The van der Waals surface area contributed by atoms with E-state index >= 15 is 0 Å². The Hall–Kier alpha value is -1.66. The van der Waals surface area contributed by atoms with Gasteiger partial charge in [0.05, 0.1) is 11.0 Å². The van der Waals surface area contributed by atoms with Gasteiger partial charge in [-0.2, -0.15) is 0 Å². The van der Waals surface area contributed by atoms with Crippen molar-refractivity contribution in [2.45, 2.75) is 13.0 Å². The number of aliphatic hydroxyl groups excluding tert-OH is 1. The van der Waals surface area contributed by atoms with Crippen LogP contribution in [0.3, 0.4) is 0 Å². The third-order valence-corrected chi connectivity index (χ3v) is 2.45. The van der Waals surface area contributed by atoms with Gasteiger partial charge in [0.25, 0.3) is 5.69 Å². The van der Waals surface area contributed by atoms with E-state index in [2.05, 4.69) is 0 Å². The molecule has 0 bridgehead atoms. The molecule has 1 aromatic carbocycles. The highest BCUT2D eigenvalue weighted by atomic mass is 16.6. The number of benzene rings is 1. The first-order valence-corrected chi connectivity index (χ1v) is 5.65. The second-order valence-corrected chi connectivity index (χ2v) is 4.31. The third kappa shape index (κ3) is 3.97. The van der Waals surface area contributed by atoms with Crippen molar-refractivity contribution in [3.63, 3.8) is 0 Å². The summed E-state index contributed by atoms with van der Waals surface area (Å²) in [7, 11) is 3.85. The van der Waals surface area contributed by atoms with Crippen molar-refractivity contribution in [1.82, 2.24) is 4.90 Å². The van der Waals surface area contributed by atoms with Crippen molar-refractivity contribution in [2.24, 2.45) is 0 Å². The highest BCUT2D eigenvalue weighted by Crippen LogP contribution is 2.29. The van der Waals surface area contributed by atoms with Crippen LogP contribution < -0.4 is 4.74 Å². The van der Waals surface area contributed by atoms with E-state index in [1.54, 1.807) is 6.92 Å². The normalized spacial score (nSPS) is 12.5. The van der Waals surface area contributed by atoms with Gasteiger partial charge in [-0.3, -0.25) is 10.1 Å². The molecule has 6 nitrogen and oxygen atoms in total. The monoisotopic (exact) mass is 254 g/mol. The van der Waals surface area contributed by atoms with Gasteiger partial charge in [-0.25, -0.2) is 0 Å². The van der Waals surface area contributed by atoms with Crippen LogP contribution in [-0.4, -0.2) is 42.2 Å². The van der Waals surface area contributed by atoms with E-state index in [-0.39, 0.29) is 5.69 Å². The summed E-state index contributed by atoms with van der Waals surface area (Å²) in [6.07, 6.45) is -0.806. The number of hydrogen-bond acceptors (Lipinski definition) is 5. The second-order valence-electron chi connectivity index (χ2n) is 4.31. The number of ether oxygens (including phenoxy) is 1. The summed E-state index contributed by atoms with van der Waals surface area (Å²) in [5.41, 5.74) is 0.383. The van der Waals surface area contributed by atoms with Crippen LogP contribution in [0, 0.1) is 10.1 Å². The molecule has 0 aliphatic heterocycles. The summed E-state index contributed by atoms with van der Waals surface area (Å²) >= 11 is 0. The predicted octanol–water partition coefficient (Wildman–Crippen LogP) is 1.59. The Labute approximate surface area is 106 Å². The molecule has 0 radical (unpaired) electrons. The Morgan fingerprint density at radius 1 is 1.50 bits per heavy atom. The topological polar surface area (TPSA) is 75.8 Å². The Kier molecular flexibility index (Phi) is 5.06. The first-order chi connectivity index (χ1) is 8.41. The largest absolute Gasteiger partial charge is 0.492 e. The molecule has 0 aliphatic rings. The summed E-state index contributed by atoms with van der Waals surface area (Å²) in [6.45, 7) is 2.75. The maximum atomic E-state index is 10.7. The van der Waals surface area contributed by atoms with Crippen LogP contribution in [0.15, 0.2) is 18.2 Å². The number of non-ortho nitro benzene ring substituents is 1. The number of nitro benzene ring substituents is 1. The zero-order chi connectivity index (χ0) is 13.7. The van der Waals surface area contributed by atoms with Gasteiger partial charge in [0.2, 0.25) is 0 Å². The molecule has 1 N–H and O–H groups in total. The molecule has 0 saturated carbocycles. The van der Waals surface area contributed by atoms with E-state index in [9.17, 15) is 15.2 Å².